The van der Waals surface area contributed by atoms with Gasteiger partial charge in [-0.3, -0.25) is 4.79 Å². The van der Waals surface area contributed by atoms with Crippen molar-refractivity contribution in [1.29, 1.82) is 0 Å². The monoisotopic (exact) mass is 525 g/mol. The maximum Gasteiger partial charge on any atom is 0.326 e. The molecule has 36 heavy (non-hydrogen) atoms. The zero-order valence-corrected chi connectivity index (χ0v) is 21.3. The summed E-state index contributed by atoms with van der Waals surface area (Å²) in [5.41, 5.74) is 3.45. The lowest BCUT2D eigenvalue weighted by Gasteiger charge is -2.18. The van der Waals surface area contributed by atoms with Crippen LogP contribution in [0.2, 0.25) is 10.0 Å². The van der Waals surface area contributed by atoms with E-state index in [1.165, 1.54) is 0 Å². The molecule has 0 radical (unpaired) electrons. The maximum absolute atomic E-state index is 13.3. The number of carbonyl (C=O) groups is 1. The number of nitrogens with zero attached hydrogens (tertiary/aromatic N) is 3. The van der Waals surface area contributed by atoms with Gasteiger partial charge in [-0.1, -0.05) is 41.4 Å². The number of carboxylic acids is 1. The summed E-state index contributed by atoms with van der Waals surface area (Å²) in [4.78, 5) is 34.2. The minimum atomic E-state index is -0.807. The Labute approximate surface area is 217 Å². The number of anilines is 2. The Morgan fingerprint density at radius 3 is 2.75 bits per heavy atom. The van der Waals surface area contributed by atoms with E-state index in [9.17, 15) is 14.7 Å². The van der Waals surface area contributed by atoms with Crippen LogP contribution >= 0.6 is 23.2 Å². The number of aliphatic carboxylic acids is 1. The summed E-state index contributed by atoms with van der Waals surface area (Å²) in [6.45, 7) is 2.69. The highest BCUT2D eigenvalue weighted by atomic mass is 35.5. The molecule has 1 saturated heterocycles. The second kappa shape index (κ2) is 9.52. The molecule has 4 aromatic rings. The molecule has 8 nitrogen and oxygen atoms in total. The Hall–Kier alpha value is -3.49. The molecule has 0 aliphatic carbocycles. The van der Waals surface area contributed by atoms with Gasteiger partial charge in [-0.25, -0.2) is 9.78 Å². The first-order valence-electron chi connectivity index (χ1n) is 11.6. The molecular formula is C26H25Cl2N5O3. The van der Waals surface area contributed by atoms with E-state index in [4.69, 9.17) is 23.2 Å². The SMILES string of the molecule is Cc1c(CC=CN2CCC[C@H]2C(=O)O)[nH]c(=O)c2c1ccc1nc(Nc3c(Cl)cccc3Cl)n(C)c12. The van der Waals surface area contributed by atoms with Gasteiger partial charge < -0.3 is 24.9 Å². The molecule has 1 fully saturated rings. The number of pyridine rings is 1. The fourth-order valence-electron chi connectivity index (χ4n) is 4.89. The summed E-state index contributed by atoms with van der Waals surface area (Å²) in [6, 6.07) is 8.57. The van der Waals surface area contributed by atoms with E-state index in [1.807, 2.05) is 47.8 Å². The zero-order chi connectivity index (χ0) is 25.6. The topological polar surface area (TPSA) is 103 Å². The van der Waals surface area contributed by atoms with Gasteiger partial charge in [0.1, 0.15) is 6.04 Å². The Morgan fingerprint density at radius 1 is 1.28 bits per heavy atom. The van der Waals surface area contributed by atoms with Gasteiger partial charge in [0.15, 0.2) is 0 Å². The van der Waals surface area contributed by atoms with Gasteiger partial charge in [0, 0.05) is 25.7 Å². The van der Waals surface area contributed by atoms with Crippen molar-refractivity contribution < 1.29 is 9.90 Å². The Kier molecular flexibility index (Phi) is 6.40. The Bertz CT molecular complexity index is 1570. The van der Waals surface area contributed by atoms with Crippen molar-refractivity contribution >= 4 is 62.6 Å². The van der Waals surface area contributed by atoms with Crippen LogP contribution in [0, 0.1) is 6.92 Å². The number of benzene rings is 2. The highest BCUT2D eigenvalue weighted by molar-refractivity contribution is 6.39. The predicted molar refractivity (Wildman–Crippen MR) is 144 cm³/mol. The number of hydrogen-bond donors (Lipinski definition) is 3. The standard InChI is InChI=1S/C26H25Cl2N5O3/c1-14-15-10-11-19-23(32(2)26(30-19)31-22-16(27)6-3-7-17(22)28)21(15)24(34)29-18(14)8-4-12-33-13-5-9-20(33)25(35)36/h3-4,6-7,10-12,20H,5,8-9,13H2,1-2H3,(H,29,34)(H,30,31)(H,35,36)/t20-/m0/s1. The minimum absolute atomic E-state index is 0.209. The molecule has 186 valence electrons. The largest absolute Gasteiger partial charge is 0.480 e. The summed E-state index contributed by atoms with van der Waals surface area (Å²) in [7, 11) is 1.84. The fraction of sp³-hybridized carbons (Fsp3) is 0.269. The summed E-state index contributed by atoms with van der Waals surface area (Å²) in [5, 5.41) is 14.9. The number of imidazole rings is 1. The highest BCUT2D eigenvalue weighted by Gasteiger charge is 2.27. The fourth-order valence-corrected chi connectivity index (χ4v) is 5.38. The molecule has 2 aromatic carbocycles. The highest BCUT2D eigenvalue weighted by Crippen LogP contribution is 2.34. The third kappa shape index (κ3) is 4.20. The van der Waals surface area contributed by atoms with Crippen LogP contribution in [0.25, 0.3) is 21.8 Å². The average molecular weight is 526 g/mol. The van der Waals surface area contributed by atoms with Gasteiger partial charge in [-0.15, -0.1) is 0 Å². The molecule has 1 aliphatic rings. The average Bonchev–Trinajstić information content (AvgIpc) is 3.44. The van der Waals surface area contributed by atoms with Crippen molar-refractivity contribution in [3.05, 3.63) is 74.3 Å². The summed E-state index contributed by atoms with van der Waals surface area (Å²) >= 11 is 12.6. The number of H-pyrrole nitrogens is 1. The lowest BCUT2D eigenvalue weighted by atomic mass is 10.0. The van der Waals surface area contributed by atoms with Crippen molar-refractivity contribution in [2.24, 2.45) is 7.05 Å². The molecule has 1 aliphatic heterocycles. The number of nitrogens with one attached hydrogen (secondary N) is 2. The Morgan fingerprint density at radius 2 is 2.03 bits per heavy atom. The summed E-state index contributed by atoms with van der Waals surface area (Å²) in [6.07, 6.45) is 5.72. The molecule has 3 N–H and O–H groups in total. The number of rotatable bonds is 6. The van der Waals surface area contributed by atoms with Gasteiger partial charge in [0.2, 0.25) is 5.95 Å². The van der Waals surface area contributed by atoms with Crippen LogP contribution in [0.5, 0.6) is 0 Å². The van der Waals surface area contributed by atoms with Crippen molar-refractivity contribution in [2.75, 3.05) is 11.9 Å². The molecular weight excluding hydrogens is 501 g/mol. The zero-order valence-electron chi connectivity index (χ0n) is 19.8. The number of halogens is 2. The van der Waals surface area contributed by atoms with E-state index in [0.29, 0.717) is 50.9 Å². The third-order valence-corrected chi connectivity index (χ3v) is 7.41. The predicted octanol–water partition coefficient (Wildman–Crippen LogP) is 5.38. The van der Waals surface area contributed by atoms with Crippen LogP contribution in [-0.4, -0.2) is 43.1 Å². The second-order valence-electron chi connectivity index (χ2n) is 8.95. The van der Waals surface area contributed by atoms with Gasteiger partial charge in [0.05, 0.1) is 32.2 Å². The van der Waals surface area contributed by atoms with Gasteiger partial charge in [-0.05, 0) is 55.1 Å². The van der Waals surface area contributed by atoms with E-state index in [-0.39, 0.29) is 5.56 Å². The van der Waals surface area contributed by atoms with Gasteiger partial charge >= 0.3 is 5.97 Å². The normalized spacial score (nSPS) is 16.0. The van der Waals surface area contributed by atoms with Gasteiger partial charge in [-0.2, -0.15) is 0 Å². The van der Waals surface area contributed by atoms with E-state index in [2.05, 4.69) is 15.3 Å². The molecule has 2 aromatic heterocycles. The number of likely N-dealkylation sites (tertiary alicyclic amines) is 1. The van der Waals surface area contributed by atoms with Crippen molar-refractivity contribution in [3.8, 4) is 0 Å². The van der Waals surface area contributed by atoms with Gasteiger partial charge in [0.25, 0.3) is 5.56 Å². The number of hydrogen-bond acceptors (Lipinski definition) is 5. The second-order valence-corrected chi connectivity index (χ2v) is 9.77. The summed E-state index contributed by atoms with van der Waals surface area (Å²) < 4.78 is 1.82. The van der Waals surface area contributed by atoms with Crippen LogP contribution in [0.1, 0.15) is 24.1 Å². The number of allylic oxidation sites excluding steroid dienone is 1. The molecule has 0 saturated carbocycles. The molecule has 0 unspecified atom stereocenters. The van der Waals surface area contributed by atoms with Crippen LogP contribution in [0.3, 0.4) is 0 Å². The van der Waals surface area contributed by atoms with E-state index in [0.717, 1.165) is 29.6 Å². The lowest BCUT2D eigenvalue weighted by Crippen LogP contribution is -2.31. The lowest BCUT2D eigenvalue weighted by molar-refractivity contribution is -0.141. The molecule has 10 heteroatoms. The molecule has 3 heterocycles. The smallest absolute Gasteiger partial charge is 0.326 e. The van der Waals surface area contributed by atoms with Crippen molar-refractivity contribution in [3.63, 3.8) is 0 Å². The minimum Gasteiger partial charge on any atom is -0.480 e. The number of aryl methyl sites for hydroxylation is 2. The number of aromatic nitrogens is 3. The van der Waals surface area contributed by atoms with Crippen molar-refractivity contribution in [2.45, 2.75) is 32.2 Å². The van der Waals surface area contributed by atoms with Crippen LogP contribution in [0.15, 0.2) is 47.4 Å². The number of para-hydroxylation sites is 1. The Balaban J connectivity index is 1.51. The summed E-state index contributed by atoms with van der Waals surface area (Å²) in [5.74, 6) is -0.298. The molecule has 5 rings (SSSR count). The quantitative estimate of drug-likeness (QED) is 0.312. The van der Waals surface area contributed by atoms with E-state index < -0.39 is 12.0 Å². The molecule has 1 atom stereocenters. The van der Waals surface area contributed by atoms with Crippen LogP contribution in [-0.2, 0) is 18.3 Å². The number of fused-ring (bicyclic) bond motifs is 3. The first kappa shape index (κ1) is 24.2. The third-order valence-electron chi connectivity index (χ3n) is 6.78. The molecule has 0 bridgehead atoms. The van der Waals surface area contributed by atoms with E-state index in [1.54, 1.807) is 18.2 Å². The molecule has 0 spiro atoms. The van der Waals surface area contributed by atoms with E-state index >= 15 is 0 Å². The first-order valence-corrected chi connectivity index (χ1v) is 12.4. The van der Waals surface area contributed by atoms with Crippen molar-refractivity contribution in [1.82, 2.24) is 19.4 Å². The van der Waals surface area contributed by atoms with Crippen LogP contribution in [0.4, 0.5) is 11.6 Å². The first-order chi connectivity index (χ1) is 17.3. The van der Waals surface area contributed by atoms with Crippen LogP contribution < -0.4 is 10.9 Å². The maximum atomic E-state index is 13.3. The molecule has 0 amide bonds. The number of carboxylic acid groups (broad SMARTS) is 1. The number of aromatic amines is 1.